The summed E-state index contributed by atoms with van der Waals surface area (Å²) in [5.41, 5.74) is 1.04. The van der Waals surface area contributed by atoms with E-state index in [-0.39, 0.29) is 5.82 Å². The number of rotatable bonds is 4. The molecule has 0 fully saturated rings. The molecule has 1 aromatic heterocycles. The molecule has 1 unspecified atom stereocenters. The number of carbonyl (C=O) groups is 1. The average molecular weight is 406 g/mol. The summed E-state index contributed by atoms with van der Waals surface area (Å²) < 4.78 is 14.2. The summed E-state index contributed by atoms with van der Waals surface area (Å²) in [5.74, 6) is -0.834. The third-order valence-electron chi connectivity index (χ3n) is 3.84. The summed E-state index contributed by atoms with van der Waals surface area (Å²) in [7, 11) is 0. The van der Waals surface area contributed by atoms with Crippen LogP contribution in [0.15, 0.2) is 59.4 Å². The van der Waals surface area contributed by atoms with E-state index in [4.69, 9.17) is 23.2 Å². The largest absolute Gasteiger partial charge is 0.324 e. The van der Waals surface area contributed by atoms with E-state index < -0.39 is 17.5 Å². The Balaban J connectivity index is 1.88. The standard InChI is InChI=1S/C19H14Cl2FN3O2/c1-11(19(27)23-16-9-13(20)8-14(21)10-16)25-18(26)7-6-17(24-25)12-2-4-15(22)5-3-12/h2-11H,1H3,(H,23,27). The number of aromatic nitrogens is 2. The molecule has 0 aliphatic rings. The molecule has 0 saturated heterocycles. The first-order chi connectivity index (χ1) is 12.8. The van der Waals surface area contributed by atoms with Crippen molar-refractivity contribution in [3.8, 4) is 11.3 Å². The minimum absolute atomic E-state index is 0.374. The average Bonchev–Trinajstić information content (AvgIpc) is 2.61. The number of hydrogen-bond donors (Lipinski definition) is 1. The second-order valence-electron chi connectivity index (χ2n) is 5.83. The van der Waals surface area contributed by atoms with Crippen molar-refractivity contribution in [2.45, 2.75) is 13.0 Å². The van der Waals surface area contributed by atoms with Crippen molar-refractivity contribution < 1.29 is 9.18 Å². The van der Waals surface area contributed by atoms with Crippen LogP contribution in [-0.4, -0.2) is 15.7 Å². The van der Waals surface area contributed by atoms with E-state index in [2.05, 4.69) is 10.4 Å². The van der Waals surface area contributed by atoms with Crippen molar-refractivity contribution in [3.63, 3.8) is 0 Å². The van der Waals surface area contributed by atoms with Gasteiger partial charge in [0.25, 0.3) is 5.56 Å². The van der Waals surface area contributed by atoms with Crippen molar-refractivity contribution in [2.75, 3.05) is 5.32 Å². The minimum Gasteiger partial charge on any atom is -0.324 e. The Morgan fingerprint density at radius 1 is 1.07 bits per heavy atom. The molecule has 5 nitrogen and oxygen atoms in total. The van der Waals surface area contributed by atoms with E-state index in [1.54, 1.807) is 37.3 Å². The first-order valence-electron chi connectivity index (χ1n) is 7.96. The Bertz CT molecular complexity index is 1030. The maximum absolute atomic E-state index is 13.1. The van der Waals surface area contributed by atoms with E-state index in [1.165, 1.54) is 24.3 Å². The highest BCUT2D eigenvalue weighted by molar-refractivity contribution is 6.35. The van der Waals surface area contributed by atoms with E-state index in [0.717, 1.165) is 4.68 Å². The van der Waals surface area contributed by atoms with Crippen molar-refractivity contribution in [1.29, 1.82) is 0 Å². The van der Waals surface area contributed by atoms with Gasteiger partial charge in [0.05, 0.1) is 5.69 Å². The lowest BCUT2D eigenvalue weighted by molar-refractivity contribution is -0.119. The van der Waals surface area contributed by atoms with E-state index in [1.807, 2.05) is 0 Å². The van der Waals surface area contributed by atoms with Gasteiger partial charge in [-0.15, -0.1) is 0 Å². The fraction of sp³-hybridized carbons (Fsp3) is 0.105. The highest BCUT2D eigenvalue weighted by atomic mass is 35.5. The number of carbonyl (C=O) groups excluding carboxylic acids is 1. The maximum Gasteiger partial charge on any atom is 0.267 e. The SMILES string of the molecule is CC(C(=O)Nc1cc(Cl)cc(Cl)c1)n1nc(-c2ccc(F)cc2)ccc1=O. The summed E-state index contributed by atoms with van der Waals surface area (Å²) in [6, 6.07) is 12.3. The van der Waals surface area contributed by atoms with Crippen LogP contribution in [-0.2, 0) is 4.79 Å². The molecule has 3 rings (SSSR count). The van der Waals surface area contributed by atoms with Gasteiger partial charge in [-0.2, -0.15) is 5.10 Å². The van der Waals surface area contributed by atoms with Gasteiger partial charge in [-0.1, -0.05) is 23.2 Å². The first kappa shape index (κ1) is 19.1. The number of benzene rings is 2. The van der Waals surface area contributed by atoms with Crippen LogP contribution in [0.2, 0.25) is 10.0 Å². The van der Waals surface area contributed by atoms with Crippen molar-refractivity contribution in [1.82, 2.24) is 9.78 Å². The zero-order valence-electron chi connectivity index (χ0n) is 14.1. The van der Waals surface area contributed by atoms with Crippen LogP contribution in [0.25, 0.3) is 11.3 Å². The van der Waals surface area contributed by atoms with Crippen LogP contribution >= 0.6 is 23.2 Å². The third kappa shape index (κ3) is 4.53. The van der Waals surface area contributed by atoms with E-state index >= 15 is 0 Å². The number of nitrogens with one attached hydrogen (secondary N) is 1. The summed E-state index contributed by atoms with van der Waals surface area (Å²) in [5, 5.41) is 7.65. The fourth-order valence-corrected chi connectivity index (χ4v) is 2.99. The third-order valence-corrected chi connectivity index (χ3v) is 4.28. The molecule has 0 bridgehead atoms. The number of hydrogen-bond acceptors (Lipinski definition) is 3. The predicted molar refractivity (Wildman–Crippen MR) is 104 cm³/mol. The lowest BCUT2D eigenvalue weighted by Crippen LogP contribution is -2.33. The lowest BCUT2D eigenvalue weighted by Gasteiger charge is -2.15. The van der Waals surface area contributed by atoms with Gasteiger partial charge >= 0.3 is 0 Å². The minimum atomic E-state index is -0.893. The van der Waals surface area contributed by atoms with Gasteiger partial charge in [-0.25, -0.2) is 9.07 Å². The molecule has 0 aliphatic heterocycles. The smallest absolute Gasteiger partial charge is 0.267 e. The highest BCUT2D eigenvalue weighted by Crippen LogP contribution is 2.23. The Hall–Kier alpha value is -2.70. The van der Waals surface area contributed by atoms with Crippen LogP contribution in [0, 0.1) is 5.82 Å². The molecule has 1 N–H and O–H groups in total. The van der Waals surface area contributed by atoms with Crippen molar-refractivity contribution >= 4 is 34.8 Å². The first-order valence-corrected chi connectivity index (χ1v) is 8.72. The van der Waals surface area contributed by atoms with Crippen LogP contribution < -0.4 is 10.9 Å². The van der Waals surface area contributed by atoms with Crippen LogP contribution in [0.1, 0.15) is 13.0 Å². The summed E-state index contributed by atoms with van der Waals surface area (Å²) >= 11 is 11.9. The van der Waals surface area contributed by atoms with E-state index in [0.29, 0.717) is 27.0 Å². The zero-order valence-corrected chi connectivity index (χ0v) is 15.6. The van der Waals surface area contributed by atoms with Crippen LogP contribution in [0.4, 0.5) is 10.1 Å². The van der Waals surface area contributed by atoms with Gasteiger partial charge in [0.1, 0.15) is 11.9 Å². The van der Waals surface area contributed by atoms with Crippen LogP contribution in [0.5, 0.6) is 0 Å². The molecule has 2 aromatic carbocycles. The van der Waals surface area contributed by atoms with Crippen molar-refractivity contribution in [2.24, 2.45) is 0 Å². The molecule has 3 aromatic rings. The number of amides is 1. The molecule has 0 spiro atoms. The normalized spacial score (nSPS) is 11.9. The number of anilines is 1. The number of halogens is 3. The fourth-order valence-electron chi connectivity index (χ4n) is 2.46. The number of nitrogens with zero attached hydrogens (tertiary/aromatic N) is 2. The molecule has 1 heterocycles. The van der Waals surface area contributed by atoms with Crippen LogP contribution in [0.3, 0.4) is 0 Å². The Morgan fingerprint density at radius 2 is 1.70 bits per heavy atom. The quantitative estimate of drug-likeness (QED) is 0.691. The second kappa shape index (κ2) is 7.90. The van der Waals surface area contributed by atoms with E-state index in [9.17, 15) is 14.0 Å². The molecule has 27 heavy (non-hydrogen) atoms. The van der Waals surface area contributed by atoms with Gasteiger partial charge in [-0.05, 0) is 55.5 Å². The van der Waals surface area contributed by atoms with Crippen molar-refractivity contribution in [3.05, 3.63) is 80.8 Å². The van der Waals surface area contributed by atoms with Gasteiger partial charge in [0.2, 0.25) is 5.91 Å². The molecular weight excluding hydrogens is 392 g/mol. The maximum atomic E-state index is 13.1. The molecule has 1 amide bonds. The Labute approximate surface area is 164 Å². The van der Waals surface area contributed by atoms with Gasteiger partial charge in [0, 0.05) is 27.4 Å². The Morgan fingerprint density at radius 3 is 2.33 bits per heavy atom. The molecule has 0 aliphatic carbocycles. The molecule has 8 heteroatoms. The lowest BCUT2D eigenvalue weighted by atomic mass is 10.1. The zero-order chi connectivity index (χ0) is 19.6. The summed E-state index contributed by atoms with van der Waals surface area (Å²) in [6.07, 6.45) is 0. The van der Waals surface area contributed by atoms with Gasteiger partial charge < -0.3 is 5.32 Å². The second-order valence-corrected chi connectivity index (χ2v) is 6.70. The molecule has 0 saturated carbocycles. The highest BCUT2D eigenvalue weighted by Gasteiger charge is 2.18. The molecule has 0 radical (unpaired) electrons. The topological polar surface area (TPSA) is 64.0 Å². The molecule has 1 atom stereocenters. The monoisotopic (exact) mass is 405 g/mol. The molecule has 138 valence electrons. The Kier molecular flexibility index (Phi) is 5.58. The predicted octanol–water partition coefficient (Wildman–Crippen LogP) is 4.56. The van der Waals surface area contributed by atoms with Gasteiger partial charge in [0.15, 0.2) is 0 Å². The molecular formula is C19H14Cl2FN3O2. The summed E-state index contributed by atoms with van der Waals surface area (Å²) in [4.78, 5) is 24.7. The van der Waals surface area contributed by atoms with Gasteiger partial charge in [-0.3, -0.25) is 9.59 Å². The summed E-state index contributed by atoms with van der Waals surface area (Å²) in [6.45, 7) is 1.55.